The van der Waals surface area contributed by atoms with Crippen molar-refractivity contribution in [3.63, 3.8) is 0 Å². The first-order valence-electron chi connectivity index (χ1n) is 3.04. The summed E-state index contributed by atoms with van der Waals surface area (Å²) in [5.74, 6) is 0. The predicted octanol–water partition coefficient (Wildman–Crippen LogP) is 0.326. The number of hydrogen-bond donors (Lipinski definition) is 1. The molecule has 0 fully saturated rings. The van der Waals surface area contributed by atoms with E-state index in [2.05, 4.69) is 0 Å². The zero-order valence-electron chi connectivity index (χ0n) is 5.98. The van der Waals surface area contributed by atoms with E-state index in [-0.39, 0.29) is 42.6 Å². The van der Waals surface area contributed by atoms with Gasteiger partial charge in [0.25, 0.3) is 10.1 Å². The summed E-state index contributed by atoms with van der Waals surface area (Å²) < 4.78 is 29.6. The van der Waals surface area contributed by atoms with E-state index in [9.17, 15) is 8.42 Å². The molecule has 0 aliphatic rings. The Morgan fingerprint density at radius 1 is 1.17 bits per heavy atom. The molecule has 0 radical (unpaired) electrons. The first kappa shape index (κ1) is 12.4. The van der Waals surface area contributed by atoms with Crippen LogP contribution in [-0.2, 0) is 10.1 Å². The van der Waals surface area contributed by atoms with Crippen LogP contribution >= 0.6 is 0 Å². The summed E-state index contributed by atoms with van der Waals surface area (Å²) in [6.45, 7) is 1.84. The Kier molecular flexibility index (Phi) is 4.73. The zero-order chi connectivity index (χ0) is 8.48. The van der Waals surface area contributed by atoms with Crippen molar-refractivity contribution in [3.05, 3.63) is 29.8 Å². The Labute approximate surface area is 102 Å². The van der Waals surface area contributed by atoms with Gasteiger partial charge >= 0.3 is 37.7 Å². The molecule has 0 atom stereocenters. The molecular formula is C7H10CaO3S. The normalized spacial score (nSPS) is 10.5. The minimum atomic E-state index is -4.02. The van der Waals surface area contributed by atoms with Gasteiger partial charge in [0.1, 0.15) is 0 Å². The van der Waals surface area contributed by atoms with Crippen LogP contribution in [0.5, 0.6) is 0 Å². The molecule has 1 aromatic rings. The Morgan fingerprint density at radius 3 is 1.92 bits per heavy atom. The third kappa shape index (κ3) is 3.41. The third-order valence-corrected chi connectivity index (χ3v) is 2.19. The summed E-state index contributed by atoms with van der Waals surface area (Å²) in [4.78, 5) is -0.0666. The average molecular weight is 214 g/mol. The number of rotatable bonds is 1. The molecule has 0 unspecified atom stereocenters. The van der Waals surface area contributed by atoms with Gasteiger partial charge in [0.05, 0.1) is 4.90 Å². The summed E-state index contributed by atoms with van der Waals surface area (Å²) in [7, 11) is -4.02. The molecule has 0 saturated carbocycles. The van der Waals surface area contributed by atoms with Gasteiger partial charge in [0.2, 0.25) is 0 Å². The van der Waals surface area contributed by atoms with E-state index < -0.39 is 10.1 Å². The van der Waals surface area contributed by atoms with E-state index in [1.54, 1.807) is 12.1 Å². The predicted molar refractivity (Wildman–Crippen MR) is 49.5 cm³/mol. The molecule has 0 spiro atoms. The molecule has 0 bridgehead atoms. The van der Waals surface area contributed by atoms with Crippen LogP contribution in [0.25, 0.3) is 0 Å². The molecule has 12 heavy (non-hydrogen) atoms. The molecule has 0 aliphatic carbocycles. The number of hydrogen-bond acceptors (Lipinski definition) is 2. The maximum absolute atomic E-state index is 10.5. The van der Waals surface area contributed by atoms with E-state index in [1.165, 1.54) is 12.1 Å². The van der Waals surface area contributed by atoms with Crippen LogP contribution in [0.15, 0.2) is 29.2 Å². The zero-order valence-corrected chi connectivity index (χ0v) is 6.80. The topological polar surface area (TPSA) is 54.4 Å². The van der Waals surface area contributed by atoms with Crippen LogP contribution in [0, 0.1) is 6.92 Å². The summed E-state index contributed by atoms with van der Waals surface area (Å²) in [6, 6.07) is 5.99. The van der Waals surface area contributed by atoms with Gasteiger partial charge in [0, 0.05) is 0 Å². The second kappa shape index (κ2) is 4.58. The van der Waals surface area contributed by atoms with Crippen molar-refractivity contribution < 1.29 is 13.0 Å². The van der Waals surface area contributed by atoms with Gasteiger partial charge in [-0.15, -0.1) is 0 Å². The van der Waals surface area contributed by atoms with Crippen molar-refractivity contribution in [2.24, 2.45) is 0 Å². The standard InChI is InChI=1S/C7H8O3S.Ca.2H/c1-6-2-4-7(5-3-6)11(8,9)10;;;/h2-5H,1H3,(H,8,9,10);;;. The Morgan fingerprint density at radius 2 is 1.58 bits per heavy atom. The van der Waals surface area contributed by atoms with Gasteiger partial charge in [-0.1, -0.05) is 17.7 Å². The molecule has 1 N–H and O–H groups in total. The Balaban J connectivity index is 0.00000121. The minimum absolute atomic E-state index is 0. The van der Waals surface area contributed by atoms with E-state index in [0.29, 0.717) is 0 Å². The fourth-order valence-electron chi connectivity index (χ4n) is 0.710. The van der Waals surface area contributed by atoms with Gasteiger partial charge in [-0.05, 0) is 19.1 Å². The van der Waals surface area contributed by atoms with Crippen LogP contribution in [0.3, 0.4) is 0 Å². The van der Waals surface area contributed by atoms with Gasteiger partial charge < -0.3 is 0 Å². The molecule has 0 aliphatic heterocycles. The molecule has 5 heteroatoms. The van der Waals surface area contributed by atoms with Crippen molar-refractivity contribution in [2.45, 2.75) is 11.8 Å². The summed E-state index contributed by atoms with van der Waals surface area (Å²) in [5, 5.41) is 0. The Hall–Kier alpha value is 0.390. The average Bonchev–Trinajstić information content (AvgIpc) is 1.86. The second-order valence-electron chi connectivity index (χ2n) is 2.29. The van der Waals surface area contributed by atoms with Gasteiger partial charge in [0.15, 0.2) is 0 Å². The molecule has 0 heterocycles. The van der Waals surface area contributed by atoms with E-state index in [0.717, 1.165) is 5.56 Å². The molecule has 0 saturated heterocycles. The summed E-state index contributed by atoms with van der Waals surface area (Å²) >= 11 is 0. The first-order valence-corrected chi connectivity index (χ1v) is 4.48. The SMILES string of the molecule is Cc1ccc(S(=O)(=O)O)cc1.[CaH2]. The Bertz CT molecular complexity index is 341. The van der Waals surface area contributed by atoms with Crippen LogP contribution < -0.4 is 0 Å². The van der Waals surface area contributed by atoms with E-state index in [4.69, 9.17) is 4.55 Å². The maximum atomic E-state index is 10.5. The number of benzene rings is 1. The molecule has 1 rings (SSSR count). The van der Waals surface area contributed by atoms with Crippen LogP contribution in [-0.4, -0.2) is 50.7 Å². The van der Waals surface area contributed by atoms with Crippen LogP contribution in [0.4, 0.5) is 0 Å². The van der Waals surface area contributed by atoms with Gasteiger partial charge in [-0.25, -0.2) is 0 Å². The van der Waals surface area contributed by atoms with Crippen molar-refractivity contribution in [1.29, 1.82) is 0 Å². The third-order valence-electron chi connectivity index (χ3n) is 1.32. The monoisotopic (exact) mass is 214 g/mol. The van der Waals surface area contributed by atoms with E-state index >= 15 is 0 Å². The fraction of sp³-hybridized carbons (Fsp3) is 0.143. The first-order chi connectivity index (χ1) is 5.00. The molecule has 1 aromatic carbocycles. The van der Waals surface area contributed by atoms with Crippen molar-refractivity contribution in [1.82, 2.24) is 0 Å². The second-order valence-corrected chi connectivity index (χ2v) is 3.71. The van der Waals surface area contributed by atoms with Crippen molar-refractivity contribution in [3.8, 4) is 0 Å². The quantitative estimate of drug-likeness (QED) is 0.541. The van der Waals surface area contributed by atoms with Crippen molar-refractivity contribution >= 4 is 47.9 Å². The van der Waals surface area contributed by atoms with Gasteiger partial charge in [-0.3, -0.25) is 4.55 Å². The molecule has 0 aromatic heterocycles. The number of aryl methyl sites for hydroxylation is 1. The molecule has 64 valence electrons. The van der Waals surface area contributed by atoms with Crippen LogP contribution in [0.2, 0.25) is 0 Å². The summed E-state index contributed by atoms with van der Waals surface area (Å²) in [5.41, 5.74) is 0.956. The summed E-state index contributed by atoms with van der Waals surface area (Å²) in [6.07, 6.45) is 0. The van der Waals surface area contributed by atoms with Gasteiger partial charge in [-0.2, -0.15) is 8.42 Å². The molecule has 0 amide bonds. The van der Waals surface area contributed by atoms with Crippen molar-refractivity contribution in [2.75, 3.05) is 0 Å². The van der Waals surface area contributed by atoms with Crippen LogP contribution in [0.1, 0.15) is 5.56 Å². The molecular weight excluding hydrogens is 204 g/mol. The van der Waals surface area contributed by atoms with E-state index in [1.807, 2.05) is 6.92 Å². The molecule has 3 nitrogen and oxygen atoms in total. The fourth-order valence-corrected chi connectivity index (χ4v) is 1.19.